The molecule has 0 radical (unpaired) electrons. The van der Waals surface area contributed by atoms with E-state index in [1.807, 2.05) is 0 Å². The van der Waals surface area contributed by atoms with Gasteiger partial charge in [0.25, 0.3) is 0 Å². The van der Waals surface area contributed by atoms with Gasteiger partial charge in [0, 0.05) is 5.56 Å². The number of methoxy groups -OCH3 is 1. The maximum absolute atomic E-state index is 11.8. The summed E-state index contributed by atoms with van der Waals surface area (Å²) in [7, 11) is 1.46. The number of furan rings is 1. The van der Waals surface area contributed by atoms with Gasteiger partial charge in [-0.3, -0.25) is 4.79 Å². The van der Waals surface area contributed by atoms with E-state index in [4.69, 9.17) is 9.15 Å². The number of phenols is 1. The highest BCUT2D eigenvalue weighted by molar-refractivity contribution is 9.10. The molecule has 7 heteroatoms. The average molecular weight is 353 g/mol. The molecule has 110 valence electrons. The number of carbonyl (C=O) groups excluding carboxylic acids is 1. The molecule has 0 fully saturated rings. The molecule has 0 aliphatic rings. The number of carbonyl (C=O) groups is 1. The van der Waals surface area contributed by atoms with Crippen LogP contribution in [0.1, 0.15) is 23.0 Å². The number of benzene rings is 1. The minimum atomic E-state index is -0.453. The largest absolute Gasteiger partial charge is 0.504 e. The van der Waals surface area contributed by atoms with Crippen molar-refractivity contribution in [2.75, 3.05) is 7.11 Å². The molecule has 1 amide bonds. The van der Waals surface area contributed by atoms with Crippen LogP contribution >= 0.6 is 15.9 Å². The molecule has 2 N–H and O–H groups in total. The van der Waals surface area contributed by atoms with Gasteiger partial charge in [0.2, 0.25) is 0 Å². The predicted octanol–water partition coefficient (Wildman–Crippen LogP) is 2.91. The summed E-state index contributed by atoms with van der Waals surface area (Å²) in [5, 5.41) is 13.5. The lowest BCUT2D eigenvalue weighted by Crippen LogP contribution is -2.18. The van der Waals surface area contributed by atoms with Crippen LogP contribution in [0.4, 0.5) is 0 Å². The third-order valence-electron chi connectivity index (χ3n) is 2.72. The highest BCUT2D eigenvalue weighted by Crippen LogP contribution is 2.26. The molecule has 0 spiro atoms. The van der Waals surface area contributed by atoms with Crippen molar-refractivity contribution >= 4 is 27.5 Å². The first-order valence-electron chi connectivity index (χ1n) is 5.98. The van der Waals surface area contributed by atoms with E-state index in [1.165, 1.54) is 19.2 Å². The van der Waals surface area contributed by atoms with Crippen LogP contribution in [0.15, 0.2) is 44.5 Å². The fourth-order valence-electron chi connectivity index (χ4n) is 1.59. The number of nitrogens with one attached hydrogen (secondary N) is 1. The van der Waals surface area contributed by atoms with Gasteiger partial charge < -0.3 is 14.3 Å². The number of halogens is 1. The van der Waals surface area contributed by atoms with Crippen molar-refractivity contribution in [1.82, 2.24) is 5.43 Å². The topological polar surface area (TPSA) is 84.1 Å². The molecule has 1 aromatic carbocycles. The Hall–Kier alpha value is -2.28. The molecule has 1 aromatic heterocycles. The number of aromatic hydroxyl groups is 1. The number of hydrogen-bond acceptors (Lipinski definition) is 5. The fraction of sp³-hybridized carbons (Fsp3) is 0.143. The van der Waals surface area contributed by atoms with Crippen LogP contribution in [0.2, 0.25) is 0 Å². The van der Waals surface area contributed by atoms with Crippen LogP contribution in [-0.4, -0.2) is 23.8 Å². The Labute approximate surface area is 129 Å². The van der Waals surface area contributed by atoms with Crippen molar-refractivity contribution < 1.29 is 19.1 Å². The van der Waals surface area contributed by atoms with Crippen LogP contribution in [0.3, 0.4) is 0 Å². The molecule has 0 saturated carbocycles. The van der Waals surface area contributed by atoms with Crippen molar-refractivity contribution in [3.8, 4) is 11.5 Å². The fourth-order valence-corrected chi connectivity index (χ4v) is 1.90. The van der Waals surface area contributed by atoms with E-state index in [0.29, 0.717) is 21.7 Å². The molecule has 6 nitrogen and oxygen atoms in total. The Bertz CT molecular complexity index is 694. The highest BCUT2D eigenvalue weighted by atomic mass is 79.9. The SMILES string of the molecule is COc1cc(/C(C)=N/NC(=O)c2ccc(Br)o2)ccc1O. The summed E-state index contributed by atoms with van der Waals surface area (Å²) < 4.78 is 10.6. The minimum Gasteiger partial charge on any atom is -0.504 e. The molecule has 2 aromatic rings. The maximum atomic E-state index is 11.8. The Balaban J connectivity index is 2.12. The van der Waals surface area contributed by atoms with Gasteiger partial charge in [-0.25, -0.2) is 5.43 Å². The molecule has 0 unspecified atom stereocenters. The summed E-state index contributed by atoms with van der Waals surface area (Å²) in [5.41, 5.74) is 3.67. The van der Waals surface area contributed by atoms with Crippen LogP contribution < -0.4 is 10.2 Å². The van der Waals surface area contributed by atoms with Gasteiger partial charge in [-0.05, 0) is 53.2 Å². The molecule has 0 bridgehead atoms. The van der Waals surface area contributed by atoms with Gasteiger partial charge in [0.15, 0.2) is 21.9 Å². The van der Waals surface area contributed by atoms with Crippen molar-refractivity contribution in [1.29, 1.82) is 0 Å². The molecule has 0 aliphatic heterocycles. The van der Waals surface area contributed by atoms with E-state index < -0.39 is 5.91 Å². The second-order valence-electron chi connectivity index (χ2n) is 4.13. The molecule has 0 aliphatic carbocycles. The highest BCUT2D eigenvalue weighted by Gasteiger charge is 2.10. The quantitative estimate of drug-likeness (QED) is 0.654. The normalized spacial score (nSPS) is 11.3. The Morgan fingerprint density at radius 1 is 1.38 bits per heavy atom. The van der Waals surface area contributed by atoms with Crippen molar-refractivity contribution in [3.05, 3.63) is 46.3 Å². The summed E-state index contributed by atoms with van der Waals surface area (Å²) in [4.78, 5) is 11.8. The van der Waals surface area contributed by atoms with Crippen molar-refractivity contribution in [2.24, 2.45) is 5.10 Å². The smallest absolute Gasteiger partial charge is 0.307 e. The van der Waals surface area contributed by atoms with Crippen LogP contribution in [0.5, 0.6) is 11.5 Å². The number of hydrazone groups is 1. The second-order valence-corrected chi connectivity index (χ2v) is 4.91. The van der Waals surface area contributed by atoms with Crippen molar-refractivity contribution in [2.45, 2.75) is 6.92 Å². The summed E-state index contributed by atoms with van der Waals surface area (Å²) in [5.74, 6) is 0.0781. The molecular weight excluding hydrogens is 340 g/mol. The molecule has 1 heterocycles. The Morgan fingerprint density at radius 3 is 2.76 bits per heavy atom. The predicted molar refractivity (Wildman–Crippen MR) is 80.7 cm³/mol. The van der Waals surface area contributed by atoms with E-state index in [0.717, 1.165) is 0 Å². The number of rotatable bonds is 4. The lowest BCUT2D eigenvalue weighted by molar-refractivity contribution is 0.0926. The van der Waals surface area contributed by atoms with Gasteiger partial charge in [-0.1, -0.05) is 0 Å². The maximum Gasteiger partial charge on any atom is 0.307 e. The number of ether oxygens (including phenoxy) is 1. The van der Waals surface area contributed by atoms with E-state index in [1.54, 1.807) is 25.1 Å². The molecule has 21 heavy (non-hydrogen) atoms. The van der Waals surface area contributed by atoms with Crippen molar-refractivity contribution in [3.63, 3.8) is 0 Å². The Morgan fingerprint density at radius 2 is 2.14 bits per heavy atom. The van der Waals surface area contributed by atoms with Crippen LogP contribution in [0, 0.1) is 0 Å². The lowest BCUT2D eigenvalue weighted by Gasteiger charge is -2.06. The van der Waals surface area contributed by atoms with E-state index in [2.05, 4.69) is 26.5 Å². The van der Waals surface area contributed by atoms with E-state index >= 15 is 0 Å². The van der Waals surface area contributed by atoms with Gasteiger partial charge in [0.1, 0.15) is 0 Å². The van der Waals surface area contributed by atoms with Gasteiger partial charge in [0.05, 0.1) is 12.8 Å². The van der Waals surface area contributed by atoms with E-state index in [9.17, 15) is 9.90 Å². The summed E-state index contributed by atoms with van der Waals surface area (Å²) >= 11 is 3.12. The van der Waals surface area contributed by atoms with Gasteiger partial charge >= 0.3 is 5.91 Å². The first kappa shape index (κ1) is 15.1. The first-order chi connectivity index (χ1) is 10.0. The summed E-state index contributed by atoms with van der Waals surface area (Å²) in [6.07, 6.45) is 0. The molecule has 2 rings (SSSR count). The number of phenolic OH excluding ortho intramolecular Hbond substituents is 1. The summed E-state index contributed by atoms with van der Waals surface area (Å²) in [6, 6.07) is 7.96. The Kier molecular flexibility index (Phi) is 4.64. The second kappa shape index (κ2) is 6.45. The zero-order chi connectivity index (χ0) is 15.4. The number of amides is 1. The van der Waals surface area contributed by atoms with E-state index in [-0.39, 0.29) is 11.5 Å². The van der Waals surface area contributed by atoms with Crippen LogP contribution in [-0.2, 0) is 0 Å². The third kappa shape index (κ3) is 3.63. The molecular formula is C14H13BrN2O4. The van der Waals surface area contributed by atoms with Gasteiger partial charge in [-0.2, -0.15) is 5.10 Å². The first-order valence-corrected chi connectivity index (χ1v) is 6.78. The summed E-state index contributed by atoms with van der Waals surface area (Å²) in [6.45, 7) is 1.73. The zero-order valence-corrected chi connectivity index (χ0v) is 13.0. The average Bonchev–Trinajstić information content (AvgIpc) is 2.91. The van der Waals surface area contributed by atoms with Crippen LogP contribution in [0.25, 0.3) is 0 Å². The number of hydrogen-bond donors (Lipinski definition) is 2. The molecule has 0 saturated heterocycles. The lowest BCUT2D eigenvalue weighted by atomic mass is 10.1. The third-order valence-corrected chi connectivity index (χ3v) is 3.15. The standard InChI is InChI=1S/C14H13BrN2O4/c1-8(9-3-4-10(18)12(7-9)20-2)16-17-14(19)11-5-6-13(15)21-11/h3-7,18H,1-2H3,(H,17,19)/b16-8+. The zero-order valence-electron chi connectivity index (χ0n) is 11.4. The van der Waals surface area contributed by atoms with Gasteiger partial charge in [-0.15, -0.1) is 0 Å². The molecule has 0 atom stereocenters. The monoisotopic (exact) mass is 352 g/mol. The minimum absolute atomic E-state index is 0.0403. The number of nitrogens with zero attached hydrogens (tertiary/aromatic N) is 1.